The third-order valence-electron chi connectivity index (χ3n) is 0.698. The van der Waals surface area contributed by atoms with E-state index in [9.17, 15) is 0 Å². The first-order chi connectivity index (χ1) is 6.81. The second-order valence-electron chi connectivity index (χ2n) is 2.73. The number of carboxylic acids is 2. The van der Waals surface area contributed by atoms with Gasteiger partial charge in [-0.3, -0.25) is 0 Å². The summed E-state index contributed by atoms with van der Waals surface area (Å²) in [5.74, 6) is -2.00. The minimum atomic E-state index is -1.22. The molecule has 92 valence electrons. The van der Waals surface area contributed by atoms with Crippen LogP contribution in [0.2, 0.25) is 0 Å². The van der Waals surface area contributed by atoms with Gasteiger partial charge in [-0.2, -0.15) is 0 Å². The molecule has 0 radical (unpaired) electrons. The first-order valence-corrected chi connectivity index (χ1v) is 4.22. The average molecular weight is 268 g/mol. The van der Waals surface area contributed by atoms with E-state index in [1.165, 1.54) is 0 Å². The van der Waals surface area contributed by atoms with E-state index in [1.54, 1.807) is 0 Å². The van der Waals surface area contributed by atoms with E-state index < -0.39 is 11.9 Å². The zero-order valence-electron chi connectivity index (χ0n) is 10.9. The maximum Gasteiger partial charge on any atom is 1.00 e. The van der Waals surface area contributed by atoms with Crippen molar-refractivity contribution in [2.75, 3.05) is 19.7 Å². The summed E-state index contributed by atoms with van der Waals surface area (Å²) in [6.45, 7) is 3.47. The molecule has 5 N–H and O–H groups in total. The molecular weight excluding hydrogens is 250 g/mol. The van der Waals surface area contributed by atoms with Crippen LogP contribution in [0.4, 0.5) is 0 Å². The molecule has 0 saturated carbocycles. The van der Waals surface area contributed by atoms with Crippen molar-refractivity contribution >= 4 is 11.9 Å². The molecule has 0 saturated heterocycles. The number of carbonyl (C=O) groups excluding carboxylic acids is 2. The predicted molar refractivity (Wildman–Crippen MR) is 50.0 cm³/mol. The van der Waals surface area contributed by atoms with Crippen molar-refractivity contribution < 1.29 is 84.0 Å². The van der Waals surface area contributed by atoms with Crippen LogP contribution in [0.1, 0.15) is 13.8 Å². The number of aliphatic carboxylic acids is 2. The number of hydrogen-bond acceptors (Lipinski definition) is 7. The van der Waals surface area contributed by atoms with Gasteiger partial charge >= 0.3 is 59.1 Å². The van der Waals surface area contributed by atoms with E-state index in [-0.39, 0.29) is 72.2 Å². The molecule has 0 aromatic rings. The molecule has 0 unspecified atom stereocenters. The maximum absolute atomic E-state index is 9.13. The van der Waals surface area contributed by atoms with Gasteiger partial charge in [0.05, 0.1) is 11.9 Å². The summed E-state index contributed by atoms with van der Waals surface area (Å²) in [7, 11) is 0. The number of hydrogen-bond donors (Lipinski definition) is 3. The number of nitrogens with two attached hydrogens (primary N) is 2. The molecule has 0 bridgehead atoms. The van der Waals surface area contributed by atoms with Gasteiger partial charge < -0.3 is 36.4 Å². The Morgan fingerprint density at radius 2 is 1.18 bits per heavy atom. The average Bonchev–Trinajstić information content (AvgIpc) is 2.19. The van der Waals surface area contributed by atoms with Crippen LogP contribution >= 0.6 is 0 Å². The molecule has 0 aliphatic heterocycles. The van der Waals surface area contributed by atoms with Crippen molar-refractivity contribution in [3.8, 4) is 0 Å². The summed E-state index contributed by atoms with van der Waals surface area (Å²) >= 11 is 0. The molecule has 17 heavy (non-hydrogen) atoms. The van der Waals surface area contributed by atoms with Crippen molar-refractivity contribution in [2.45, 2.75) is 13.8 Å². The second-order valence-corrected chi connectivity index (χ2v) is 2.73. The first-order valence-electron chi connectivity index (χ1n) is 4.22. The topological polar surface area (TPSA) is 153 Å². The quantitative estimate of drug-likeness (QED) is 0.429. The van der Waals surface area contributed by atoms with E-state index in [0.717, 1.165) is 0 Å². The monoisotopic (exact) mass is 268 g/mol. The Kier molecular flexibility index (Phi) is 46.2. The van der Waals surface area contributed by atoms with Crippen molar-refractivity contribution in [2.24, 2.45) is 17.4 Å². The standard InChI is InChI=1S/C4H10O.2C2H5NO2.2Na/c1-4(2)3-5;2*3-1-2(4)5;;/h4-5H,3H2,1-2H3;2*1,3H2,(H,4,5);;/q;;;2*+1/p-2. The van der Waals surface area contributed by atoms with E-state index in [1.807, 2.05) is 13.8 Å². The molecular formula is C8H18N2Na2O5. The van der Waals surface area contributed by atoms with Gasteiger partial charge in [-0.05, 0) is 5.92 Å². The molecule has 0 aromatic carbocycles. The van der Waals surface area contributed by atoms with Gasteiger partial charge in [-0.25, -0.2) is 0 Å². The van der Waals surface area contributed by atoms with Crippen LogP contribution in [-0.2, 0) is 9.59 Å². The molecule has 0 heterocycles. The Bertz CT molecular complexity index is 156. The second kappa shape index (κ2) is 25.6. The summed E-state index contributed by atoms with van der Waals surface area (Å²) in [5, 5.41) is 26.4. The van der Waals surface area contributed by atoms with E-state index >= 15 is 0 Å². The summed E-state index contributed by atoms with van der Waals surface area (Å²) in [6.07, 6.45) is 0. The fraction of sp³-hybridized carbons (Fsp3) is 0.750. The van der Waals surface area contributed by atoms with Gasteiger partial charge in [0.2, 0.25) is 0 Å². The molecule has 0 fully saturated rings. The predicted octanol–water partition coefficient (Wildman–Crippen LogP) is -9.97. The van der Waals surface area contributed by atoms with Gasteiger partial charge in [0.1, 0.15) is 0 Å². The normalized spacial score (nSPS) is 7.18. The zero-order chi connectivity index (χ0) is 12.9. The van der Waals surface area contributed by atoms with Crippen LogP contribution in [0.3, 0.4) is 0 Å². The van der Waals surface area contributed by atoms with Crippen LogP contribution < -0.4 is 80.8 Å². The van der Waals surface area contributed by atoms with Crippen LogP contribution in [0, 0.1) is 5.92 Å². The van der Waals surface area contributed by atoms with Crippen LogP contribution in [0.15, 0.2) is 0 Å². The molecule has 0 rings (SSSR count). The van der Waals surface area contributed by atoms with Gasteiger partial charge in [0.15, 0.2) is 0 Å². The van der Waals surface area contributed by atoms with Gasteiger partial charge in [-0.1, -0.05) is 13.8 Å². The molecule has 0 atom stereocenters. The van der Waals surface area contributed by atoms with Gasteiger partial charge in [-0.15, -0.1) is 0 Å². The van der Waals surface area contributed by atoms with Crippen LogP contribution in [0.5, 0.6) is 0 Å². The summed E-state index contributed by atoms with van der Waals surface area (Å²) in [4.78, 5) is 18.3. The zero-order valence-corrected chi connectivity index (χ0v) is 14.9. The fourth-order valence-corrected chi connectivity index (χ4v) is 0. The van der Waals surface area contributed by atoms with Crippen molar-refractivity contribution in [3.63, 3.8) is 0 Å². The van der Waals surface area contributed by atoms with Crippen molar-refractivity contribution in [3.05, 3.63) is 0 Å². The first kappa shape index (κ1) is 30.7. The largest absolute Gasteiger partial charge is 1.00 e. The SMILES string of the molecule is CC(C)CO.NCC(=O)[O-].NCC(=O)[O-].[Na+].[Na+]. The Morgan fingerprint density at radius 3 is 1.18 bits per heavy atom. The number of carboxylic acid groups (broad SMARTS) is 2. The molecule has 0 aliphatic rings. The Morgan fingerprint density at radius 1 is 1.06 bits per heavy atom. The molecule has 7 nitrogen and oxygen atoms in total. The van der Waals surface area contributed by atoms with Crippen molar-refractivity contribution in [1.82, 2.24) is 0 Å². The maximum atomic E-state index is 9.13. The number of rotatable bonds is 3. The Hall–Kier alpha value is 0.820. The molecule has 0 amide bonds. The van der Waals surface area contributed by atoms with E-state index in [4.69, 9.17) is 24.9 Å². The van der Waals surface area contributed by atoms with Crippen molar-refractivity contribution in [1.29, 1.82) is 0 Å². The fourth-order valence-electron chi connectivity index (χ4n) is 0. The number of aliphatic hydroxyl groups is 1. The third kappa shape index (κ3) is 79.4. The third-order valence-corrected chi connectivity index (χ3v) is 0.698. The molecule has 0 aromatic heterocycles. The smallest absolute Gasteiger partial charge is 0.549 e. The minimum Gasteiger partial charge on any atom is -0.549 e. The molecule has 0 spiro atoms. The van der Waals surface area contributed by atoms with Gasteiger partial charge in [0.25, 0.3) is 0 Å². The summed E-state index contributed by atoms with van der Waals surface area (Å²) in [6, 6.07) is 0. The Labute approximate surface area is 146 Å². The van der Waals surface area contributed by atoms with E-state index in [2.05, 4.69) is 11.5 Å². The number of carbonyl (C=O) groups is 2. The minimum absolute atomic E-state index is 0. The van der Waals surface area contributed by atoms with Crippen LogP contribution in [-0.4, -0.2) is 36.7 Å². The summed E-state index contributed by atoms with van der Waals surface area (Å²) < 4.78 is 0. The number of aliphatic hydroxyl groups excluding tert-OH is 1. The molecule has 9 heteroatoms. The van der Waals surface area contributed by atoms with Crippen LogP contribution in [0.25, 0.3) is 0 Å². The Balaban J connectivity index is -0.0000000400. The van der Waals surface area contributed by atoms with E-state index in [0.29, 0.717) is 12.5 Å². The molecule has 0 aliphatic carbocycles. The summed E-state index contributed by atoms with van der Waals surface area (Å²) in [5.41, 5.74) is 9.02. The van der Waals surface area contributed by atoms with Gasteiger partial charge in [0, 0.05) is 19.7 Å².